The van der Waals surface area contributed by atoms with E-state index >= 15 is 0 Å². The van der Waals surface area contributed by atoms with Gasteiger partial charge in [0.15, 0.2) is 0 Å². The van der Waals surface area contributed by atoms with Crippen LogP contribution in [0.4, 0.5) is 22.7 Å². The van der Waals surface area contributed by atoms with E-state index in [1.54, 1.807) is 18.2 Å². The molecule has 0 atom stereocenters. The van der Waals surface area contributed by atoms with Crippen molar-refractivity contribution in [3.63, 3.8) is 0 Å². The number of hydrogen-bond acceptors (Lipinski definition) is 4. The Morgan fingerprint density at radius 3 is 2.39 bits per heavy atom. The van der Waals surface area contributed by atoms with Crippen LogP contribution < -0.4 is 15.4 Å². The molecule has 28 heavy (non-hydrogen) atoms. The van der Waals surface area contributed by atoms with Gasteiger partial charge in [-0.1, -0.05) is 18.2 Å². The minimum atomic E-state index is -3.74. The number of rotatable bonds is 5. The second-order valence-electron chi connectivity index (χ2n) is 6.67. The molecule has 7 heteroatoms. The van der Waals surface area contributed by atoms with E-state index in [4.69, 9.17) is 0 Å². The van der Waals surface area contributed by atoms with Gasteiger partial charge >= 0.3 is 0 Å². The zero-order valence-electron chi connectivity index (χ0n) is 15.2. The van der Waals surface area contributed by atoms with Gasteiger partial charge in [0, 0.05) is 22.7 Å². The summed E-state index contributed by atoms with van der Waals surface area (Å²) < 4.78 is 27.9. The van der Waals surface area contributed by atoms with Crippen LogP contribution in [0, 0.1) is 6.92 Å². The molecule has 0 aliphatic carbocycles. The molecule has 142 valence electrons. The summed E-state index contributed by atoms with van der Waals surface area (Å²) in [6, 6.07) is 19.6. The molecule has 0 radical (unpaired) electrons. The second-order valence-corrected chi connectivity index (χ2v) is 8.35. The number of aryl methyl sites for hydroxylation is 1. The Bertz CT molecular complexity index is 1160. The van der Waals surface area contributed by atoms with Gasteiger partial charge in [0.1, 0.15) is 0 Å². The Hall–Kier alpha value is -3.32. The smallest absolute Gasteiger partial charge is 0.261 e. The lowest BCUT2D eigenvalue weighted by Crippen LogP contribution is -2.13. The summed E-state index contributed by atoms with van der Waals surface area (Å²) in [6.45, 7) is 2.02. The van der Waals surface area contributed by atoms with Gasteiger partial charge in [-0.3, -0.25) is 9.52 Å². The molecule has 0 fully saturated rings. The van der Waals surface area contributed by atoms with E-state index in [9.17, 15) is 13.2 Å². The van der Waals surface area contributed by atoms with Gasteiger partial charge in [0.2, 0.25) is 5.91 Å². The minimum absolute atomic E-state index is 0.130. The minimum Gasteiger partial charge on any atom is -0.355 e. The maximum Gasteiger partial charge on any atom is 0.261 e. The number of sulfonamides is 1. The second kappa shape index (κ2) is 7.01. The molecule has 6 nitrogen and oxygen atoms in total. The van der Waals surface area contributed by atoms with Crippen LogP contribution in [0.5, 0.6) is 0 Å². The van der Waals surface area contributed by atoms with Crippen molar-refractivity contribution in [1.82, 2.24) is 0 Å². The number of carbonyl (C=O) groups is 1. The summed E-state index contributed by atoms with van der Waals surface area (Å²) >= 11 is 0. The Balaban J connectivity index is 1.50. The molecule has 0 unspecified atom stereocenters. The summed E-state index contributed by atoms with van der Waals surface area (Å²) in [5, 5.41) is 6.00. The summed E-state index contributed by atoms with van der Waals surface area (Å²) in [5.41, 5.74) is 4.79. The molecule has 0 spiro atoms. The topological polar surface area (TPSA) is 87.3 Å². The summed E-state index contributed by atoms with van der Waals surface area (Å²) in [6.07, 6.45) is 0.192. The Morgan fingerprint density at radius 1 is 0.929 bits per heavy atom. The van der Waals surface area contributed by atoms with Gasteiger partial charge in [-0.25, -0.2) is 8.42 Å². The van der Waals surface area contributed by atoms with Crippen molar-refractivity contribution >= 4 is 38.7 Å². The van der Waals surface area contributed by atoms with E-state index in [-0.39, 0.29) is 17.2 Å². The van der Waals surface area contributed by atoms with Gasteiger partial charge in [0.05, 0.1) is 11.3 Å². The lowest BCUT2D eigenvalue weighted by Gasteiger charge is -2.12. The van der Waals surface area contributed by atoms with Crippen molar-refractivity contribution in [3.05, 3.63) is 77.9 Å². The quantitative estimate of drug-likeness (QED) is 0.611. The average Bonchev–Trinajstić information content (AvgIpc) is 3.04. The first-order valence-electron chi connectivity index (χ1n) is 8.79. The molecule has 0 bridgehead atoms. The third-order valence-electron chi connectivity index (χ3n) is 4.57. The fourth-order valence-corrected chi connectivity index (χ4v) is 4.19. The molecular weight excluding hydrogens is 374 g/mol. The van der Waals surface area contributed by atoms with Crippen molar-refractivity contribution in [2.75, 3.05) is 15.4 Å². The number of amides is 1. The molecule has 0 aromatic heterocycles. The Kier molecular flexibility index (Phi) is 4.52. The molecule has 3 N–H and O–H groups in total. The van der Waals surface area contributed by atoms with Crippen LogP contribution in [0.15, 0.2) is 71.6 Å². The summed E-state index contributed by atoms with van der Waals surface area (Å²) in [5.74, 6) is -0.130. The zero-order chi connectivity index (χ0) is 19.7. The first kappa shape index (κ1) is 18.1. The maximum atomic E-state index is 12.7. The molecule has 1 amide bonds. The first-order chi connectivity index (χ1) is 13.4. The van der Waals surface area contributed by atoms with Gasteiger partial charge in [0.25, 0.3) is 10.0 Å². The molecule has 4 rings (SSSR count). The number of anilines is 4. The number of nitrogens with one attached hydrogen (secondary N) is 3. The van der Waals surface area contributed by atoms with Crippen molar-refractivity contribution in [1.29, 1.82) is 0 Å². The van der Waals surface area contributed by atoms with E-state index in [0.717, 1.165) is 16.9 Å². The zero-order valence-corrected chi connectivity index (χ0v) is 16.0. The normalized spacial score (nSPS) is 13.0. The van der Waals surface area contributed by atoms with Crippen LogP contribution in [0.2, 0.25) is 0 Å². The maximum absolute atomic E-state index is 12.7. The van der Waals surface area contributed by atoms with Gasteiger partial charge in [-0.15, -0.1) is 0 Å². The van der Waals surface area contributed by atoms with Gasteiger partial charge in [-0.2, -0.15) is 0 Å². The number of para-hydroxylation sites is 1. The molecule has 3 aromatic rings. The lowest BCUT2D eigenvalue weighted by molar-refractivity contribution is -0.115. The fraction of sp³-hybridized carbons (Fsp3) is 0.0952. The van der Waals surface area contributed by atoms with E-state index in [2.05, 4.69) is 15.4 Å². The number of benzene rings is 3. The molecular formula is C21H19N3O3S. The highest BCUT2D eigenvalue weighted by molar-refractivity contribution is 7.92. The fourth-order valence-electron chi connectivity index (χ4n) is 3.08. The van der Waals surface area contributed by atoms with Crippen LogP contribution in [0.1, 0.15) is 11.1 Å². The lowest BCUT2D eigenvalue weighted by atomic mass is 10.2. The molecule has 1 heterocycles. The van der Waals surface area contributed by atoms with Crippen LogP contribution in [0.25, 0.3) is 0 Å². The molecule has 3 aromatic carbocycles. The Labute approximate surface area is 163 Å². The van der Waals surface area contributed by atoms with Crippen molar-refractivity contribution in [3.8, 4) is 0 Å². The number of carbonyl (C=O) groups excluding carboxylic acids is 1. The van der Waals surface area contributed by atoms with E-state index in [1.165, 1.54) is 12.1 Å². The molecule has 0 saturated heterocycles. The standard InChI is InChI=1S/C21H19N3O3S/c1-14-4-2-3-5-19(14)22-16-6-8-17(9-7-16)24-28(26,27)18-10-11-20-15(12-18)13-21(25)23-20/h2-12,22,24H,13H2,1H3,(H,23,25). The molecule has 1 aliphatic heterocycles. The highest BCUT2D eigenvalue weighted by Gasteiger charge is 2.21. The third-order valence-corrected chi connectivity index (χ3v) is 5.95. The van der Waals surface area contributed by atoms with Crippen LogP contribution in [0.3, 0.4) is 0 Å². The number of hydrogen-bond donors (Lipinski definition) is 3. The van der Waals surface area contributed by atoms with Gasteiger partial charge < -0.3 is 10.6 Å². The predicted molar refractivity (Wildman–Crippen MR) is 110 cm³/mol. The summed E-state index contributed by atoms with van der Waals surface area (Å²) in [7, 11) is -3.74. The predicted octanol–water partition coefficient (Wildman–Crippen LogP) is 4.03. The van der Waals surface area contributed by atoms with Crippen LogP contribution in [-0.2, 0) is 21.2 Å². The van der Waals surface area contributed by atoms with E-state index in [0.29, 0.717) is 16.9 Å². The van der Waals surface area contributed by atoms with Crippen molar-refractivity contribution in [2.45, 2.75) is 18.2 Å². The van der Waals surface area contributed by atoms with Crippen molar-refractivity contribution in [2.24, 2.45) is 0 Å². The first-order valence-corrected chi connectivity index (χ1v) is 10.3. The molecule has 0 saturated carbocycles. The highest BCUT2D eigenvalue weighted by atomic mass is 32.2. The monoisotopic (exact) mass is 393 g/mol. The van der Waals surface area contributed by atoms with E-state index < -0.39 is 10.0 Å². The van der Waals surface area contributed by atoms with Gasteiger partial charge in [-0.05, 0) is 66.6 Å². The average molecular weight is 393 g/mol. The SMILES string of the molecule is Cc1ccccc1Nc1ccc(NS(=O)(=O)c2ccc3c(c2)CC(=O)N3)cc1. The highest BCUT2D eigenvalue weighted by Crippen LogP contribution is 2.27. The number of fused-ring (bicyclic) bond motifs is 1. The Morgan fingerprint density at radius 2 is 1.64 bits per heavy atom. The molecule has 1 aliphatic rings. The van der Waals surface area contributed by atoms with Crippen LogP contribution in [-0.4, -0.2) is 14.3 Å². The largest absolute Gasteiger partial charge is 0.355 e. The van der Waals surface area contributed by atoms with Crippen LogP contribution >= 0.6 is 0 Å². The van der Waals surface area contributed by atoms with E-state index in [1.807, 2.05) is 43.3 Å². The van der Waals surface area contributed by atoms with Crippen molar-refractivity contribution < 1.29 is 13.2 Å². The summed E-state index contributed by atoms with van der Waals surface area (Å²) in [4.78, 5) is 11.6. The third kappa shape index (κ3) is 3.70.